The Hall–Kier alpha value is -1.46. The first kappa shape index (κ1) is 13.0. The first-order chi connectivity index (χ1) is 8.60. The Morgan fingerprint density at radius 1 is 1.50 bits per heavy atom. The third-order valence-electron chi connectivity index (χ3n) is 3.21. The van der Waals surface area contributed by atoms with E-state index in [-0.39, 0.29) is 5.91 Å². The van der Waals surface area contributed by atoms with Gasteiger partial charge >= 0.3 is 0 Å². The van der Waals surface area contributed by atoms with Crippen LogP contribution >= 0.6 is 0 Å². The van der Waals surface area contributed by atoms with E-state index in [2.05, 4.69) is 10.3 Å². The molecule has 0 saturated carbocycles. The third kappa shape index (κ3) is 3.05. The van der Waals surface area contributed by atoms with Gasteiger partial charge in [0, 0.05) is 18.9 Å². The summed E-state index contributed by atoms with van der Waals surface area (Å²) in [4.78, 5) is 16.4. The van der Waals surface area contributed by atoms with Crippen molar-refractivity contribution in [3.8, 4) is 0 Å². The number of nitrogens with one attached hydrogen (secondary N) is 1. The Morgan fingerprint density at radius 3 is 2.89 bits per heavy atom. The van der Waals surface area contributed by atoms with Crippen LogP contribution in [0.15, 0.2) is 18.2 Å². The number of nitrogens with two attached hydrogens (primary N) is 1. The lowest BCUT2D eigenvalue weighted by Crippen LogP contribution is -2.56. The number of rotatable bonds is 3. The van der Waals surface area contributed by atoms with Crippen LogP contribution in [0.3, 0.4) is 0 Å². The highest BCUT2D eigenvalue weighted by Gasteiger charge is 2.35. The van der Waals surface area contributed by atoms with E-state index in [0.717, 1.165) is 11.4 Å². The van der Waals surface area contributed by atoms with Gasteiger partial charge in [-0.2, -0.15) is 0 Å². The molecular formula is C13H19N3O2. The fraction of sp³-hybridized carbons (Fsp3) is 0.538. The van der Waals surface area contributed by atoms with Crippen molar-refractivity contribution < 1.29 is 9.53 Å². The van der Waals surface area contributed by atoms with E-state index in [9.17, 15) is 4.79 Å². The van der Waals surface area contributed by atoms with Crippen LogP contribution in [0.5, 0.6) is 0 Å². The molecule has 1 aromatic rings. The minimum atomic E-state index is -0.790. The molecular weight excluding hydrogens is 230 g/mol. The zero-order valence-electron chi connectivity index (χ0n) is 10.6. The smallest absolute Gasteiger partial charge is 0.240 e. The summed E-state index contributed by atoms with van der Waals surface area (Å²) < 4.78 is 5.22. The Balaban J connectivity index is 1.91. The molecule has 1 aromatic heterocycles. The predicted octanol–water partition coefficient (Wildman–Crippen LogP) is 0.514. The number of carbonyl (C=O) groups excluding carboxylic acids is 1. The van der Waals surface area contributed by atoms with Crippen LogP contribution in [0, 0.1) is 6.92 Å². The van der Waals surface area contributed by atoms with Crippen molar-refractivity contribution >= 4 is 5.91 Å². The highest BCUT2D eigenvalue weighted by molar-refractivity contribution is 5.86. The zero-order valence-corrected chi connectivity index (χ0v) is 10.6. The van der Waals surface area contributed by atoms with Crippen molar-refractivity contribution in [1.82, 2.24) is 10.3 Å². The van der Waals surface area contributed by atoms with Gasteiger partial charge in [0.2, 0.25) is 5.91 Å². The minimum absolute atomic E-state index is 0.117. The number of ether oxygens (including phenoxy) is 1. The van der Waals surface area contributed by atoms with Crippen LogP contribution < -0.4 is 11.1 Å². The molecule has 18 heavy (non-hydrogen) atoms. The van der Waals surface area contributed by atoms with E-state index >= 15 is 0 Å². The molecule has 0 radical (unpaired) electrons. The first-order valence-electron chi connectivity index (χ1n) is 6.18. The molecule has 0 atom stereocenters. The predicted molar refractivity (Wildman–Crippen MR) is 67.8 cm³/mol. The minimum Gasteiger partial charge on any atom is -0.381 e. The van der Waals surface area contributed by atoms with Crippen molar-refractivity contribution in [3.63, 3.8) is 0 Å². The van der Waals surface area contributed by atoms with Crippen LogP contribution in [0.4, 0.5) is 0 Å². The summed E-state index contributed by atoms with van der Waals surface area (Å²) in [7, 11) is 0. The molecule has 1 fully saturated rings. The third-order valence-corrected chi connectivity index (χ3v) is 3.21. The highest BCUT2D eigenvalue weighted by Crippen LogP contribution is 2.17. The van der Waals surface area contributed by atoms with E-state index in [0.29, 0.717) is 32.6 Å². The average Bonchev–Trinajstić information content (AvgIpc) is 2.37. The number of pyridine rings is 1. The van der Waals surface area contributed by atoms with Gasteiger partial charge in [0.1, 0.15) is 0 Å². The maximum atomic E-state index is 12.1. The van der Waals surface area contributed by atoms with E-state index in [4.69, 9.17) is 10.5 Å². The molecule has 98 valence electrons. The van der Waals surface area contributed by atoms with Crippen molar-refractivity contribution in [3.05, 3.63) is 29.6 Å². The largest absolute Gasteiger partial charge is 0.381 e. The summed E-state index contributed by atoms with van der Waals surface area (Å²) in [5.41, 5.74) is 7.08. The SMILES string of the molecule is Cc1cccc(CNC(=O)C2(N)CCOCC2)n1. The number of hydrogen-bond donors (Lipinski definition) is 2. The average molecular weight is 249 g/mol. The lowest BCUT2D eigenvalue weighted by molar-refractivity contribution is -0.129. The molecule has 0 unspecified atom stereocenters. The molecule has 0 spiro atoms. The summed E-state index contributed by atoms with van der Waals surface area (Å²) in [6.45, 7) is 3.44. The summed E-state index contributed by atoms with van der Waals surface area (Å²) in [6, 6.07) is 5.74. The number of nitrogens with zero attached hydrogens (tertiary/aromatic N) is 1. The quantitative estimate of drug-likeness (QED) is 0.818. The van der Waals surface area contributed by atoms with E-state index in [1.54, 1.807) is 0 Å². The summed E-state index contributed by atoms with van der Waals surface area (Å²) in [5, 5.41) is 2.85. The van der Waals surface area contributed by atoms with Crippen LogP contribution in [-0.2, 0) is 16.1 Å². The molecule has 0 aromatic carbocycles. The van der Waals surface area contributed by atoms with Crippen molar-refractivity contribution in [2.75, 3.05) is 13.2 Å². The van der Waals surface area contributed by atoms with Gasteiger partial charge in [-0.1, -0.05) is 6.07 Å². The second kappa shape index (κ2) is 5.46. The lowest BCUT2D eigenvalue weighted by Gasteiger charge is -2.31. The topological polar surface area (TPSA) is 77.2 Å². The van der Waals surface area contributed by atoms with Crippen molar-refractivity contribution in [2.24, 2.45) is 5.73 Å². The summed E-state index contributed by atoms with van der Waals surface area (Å²) >= 11 is 0. The van der Waals surface area contributed by atoms with Crippen LogP contribution in [0.2, 0.25) is 0 Å². The molecule has 5 heteroatoms. The van der Waals surface area contributed by atoms with Crippen LogP contribution in [0.1, 0.15) is 24.2 Å². The fourth-order valence-electron chi connectivity index (χ4n) is 2.01. The Morgan fingerprint density at radius 2 is 2.22 bits per heavy atom. The standard InChI is InChI=1S/C13H19N3O2/c1-10-3-2-4-11(16-10)9-15-12(17)13(14)5-7-18-8-6-13/h2-4H,5-9,14H2,1H3,(H,15,17). The Labute approximate surface area is 107 Å². The first-order valence-corrected chi connectivity index (χ1v) is 6.18. The fourth-order valence-corrected chi connectivity index (χ4v) is 2.01. The zero-order chi connectivity index (χ0) is 13.0. The second-order valence-electron chi connectivity index (χ2n) is 4.72. The summed E-state index contributed by atoms with van der Waals surface area (Å²) in [5.74, 6) is -0.117. The molecule has 2 rings (SSSR count). The van der Waals surface area contributed by atoms with Gasteiger partial charge in [0.15, 0.2) is 0 Å². The van der Waals surface area contributed by atoms with Gasteiger partial charge in [-0.3, -0.25) is 9.78 Å². The monoisotopic (exact) mass is 249 g/mol. The molecule has 1 saturated heterocycles. The number of aryl methyl sites for hydroxylation is 1. The lowest BCUT2D eigenvalue weighted by atomic mass is 9.90. The highest BCUT2D eigenvalue weighted by atomic mass is 16.5. The van der Waals surface area contributed by atoms with Gasteiger partial charge in [0.25, 0.3) is 0 Å². The summed E-state index contributed by atoms with van der Waals surface area (Å²) in [6.07, 6.45) is 1.14. The molecule has 2 heterocycles. The molecule has 0 aliphatic carbocycles. The molecule has 5 nitrogen and oxygen atoms in total. The number of hydrogen-bond acceptors (Lipinski definition) is 4. The van der Waals surface area contributed by atoms with Gasteiger partial charge < -0.3 is 15.8 Å². The maximum absolute atomic E-state index is 12.1. The molecule has 3 N–H and O–H groups in total. The van der Waals surface area contributed by atoms with Gasteiger partial charge in [-0.05, 0) is 31.9 Å². The second-order valence-corrected chi connectivity index (χ2v) is 4.72. The molecule has 1 amide bonds. The molecule has 1 aliphatic heterocycles. The molecule has 1 aliphatic rings. The van der Waals surface area contributed by atoms with Crippen molar-refractivity contribution in [1.29, 1.82) is 0 Å². The van der Waals surface area contributed by atoms with E-state index in [1.807, 2.05) is 25.1 Å². The van der Waals surface area contributed by atoms with E-state index < -0.39 is 5.54 Å². The van der Waals surface area contributed by atoms with Gasteiger partial charge in [-0.25, -0.2) is 0 Å². The Kier molecular flexibility index (Phi) is 3.93. The van der Waals surface area contributed by atoms with Crippen molar-refractivity contribution in [2.45, 2.75) is 31.8 Å². The van der Waals surface area contributed by atoms with Gasteiger partial charge in [-0.15, -0.1) is 0 Å². The number of carbonyl (C=O) groups is 1. The molecule has 0 bridgehead atoms. The normalized spacial score (nSPS) is 18.3. The number of amides is 1. The van der Waals surface area contributed by atoms with Gasteiger partial charge in [0.05, 0.1) is 17.8 Å². The van der Waals surface area contributed by atoms with Crippen LogP contribution in [-0.4, -0.2) is 29.6 Å². The van der Waals surface area contributed by atoms with E-state index in [1.165, 1.54) is 0 Å². The Bertz CT molecular complexity index is 428. The maximum Gasteiger partial charge on any atom is 0.240 e. The number of aromatic nitrogens is 1. The van der Waals surface area contributed by atoms with Crippen LogP contribution in [0.25, 0.3) is 0 Å².